The second-order valence-electron chi connectivity index (χ2n) is 2.55. The third-order valence-electron chi connectivity index (χ3n) is 1.57. The third-order valence-corrected chi connectivity index (χ3v) is 2.25. The minimum Gasteiger partial charge on any atom is -0.481 e. The molecule has 0 aromatic heterocycles. The van der Waals surface area contributed by atoms with Gasteiger partial charge >= 0.3 is 5.97 Å². The average Bonchev–Trinajstić information content (AvgIpc) is 1.87. The smallest absolute Gasteiger partial charge is 0.307 e. The van der Waals surface area contributed by atoms with Crippen molar-refractivity contribution in [2.24, 2.45) is 5.92 Å². The maximum absolute atomic E-state index is 10.6. The Bertz CT molecular complexity index is 126. The number of rotatable bonds is 5. The van der Waals surface area contributed by atoms with E-state index in [9.17, 15) is 4.79 Å². The van der Waals surface area contributed by atoms with E-state index in [2.05, 4.69) is 25.3 Å². The number of thiol groups is 2. The lowest BCUT2D eigenvalue weighted by Crippen LogP contribution is -2.21. The van der Waals surface area contributed by atoms with Gasteiger partial charge in [-0.05, 0) is 18.6 Å². The maximum atomic E-state index is 10.6. The first-order valence-corrected chi connectivity index (χ1v) is 4.76. The molecule has 2 atom stereocenters. The van der Waals surface area contributed by atoms with Gasteiger partial charge in [-0.25, -0.2) is 0 Å². The zero-order chi connectivity index (χ0) is 8.85. The Hall–Kier alpha value is 0.170. The average molecular weight is 194 g/mol. The second kappa shape index (κ2) is 5.77. The lowest BCUT2D eigenvalue weighted by atomic mass is 10.0. The van der Waals surface area contributed by atoms with E-state index in [-0.39, 0.29) is 11.2 Å². The SMILES string of the molecule is CC(S)C(CCCS)C(=O)O. The van der Waals surface area contributed by atoms with Crippen LogP contribution >= 0.6 is 25.3 Å². The highest BCUT2D eigenvalue weighted by Crippen LogP contribution is 2.16. The molecule has 0 heterocycles. The van der Waals surface area contributed by atoms with Gasteiger partial charge < -0.3 is 5.11 Å². The van der Waals surface area contributed by atoms with E-state index >= 15 is 0 Å². The molecule has 0 saturated heterocycles. The molecule has 0 spiro atoms. The molecule has 1 N–H and O–H groups in total. The molecule has 0 aliphatic heterocycles. The van der Waals surface area contributed by atoms with E-state index in [1.165, 1.54) is 0 Å². The highest BCUT2D eigenvalue weighted by atomic mass is 32.1. The minimum absolute atomic E-state index is 0.0765. The van der Waals surface area contributed by atoms with Crippen molar-refractivity contribution in [3.05, 3.63) is 0 Å². The molecule has 0 aromatic rings. The van der Waals surface area contributed by atoms with Crippen molar-refractivity contribution >= 4 is 31.2 Å². The lowest BCUT2D eigenvalue weighted by Gasteiger charge is -2.13. The van der Waals surface area contributed by atoms with Crippen molar-refractivity contribution in [1.29, 1.82) is 0 Å². The van der Waals surface area contributed by atoms with Crippen LogP contribution in [0, 0.1) is 5.92 Å². The highest BCUT2D eigenvalue weighted by molar-refractivity contribution is 7.81. The summed E-state index contributed by atoms with van der Waals surface area (Å²) < 4.78 is 0. The number of hydrogen-bond donors (Lipinski definition) is 3. The standard InChI is InChI=1S/C7H14O2S2/c1-5(11)6(7(8)9)3-2-4-10/h5-6,10-11H,2-4H2,1H3,(H,8,9). The number of carboxylic acid groups (broad SMARTS) is 1. The molecule has 0 fully saturated rings. The fraction of sp³-hybridized carbons (Fsp3) is 0.857. The van der Waals surface area contributed by atoms with Gasteiger partial charge in [0.1, 0.15) is 0 Å². The monoisotopic (exact) mass is 194 g/mol. The van der Waals surface area contributed by atoms with Gasteiger partial charge in [0, 0.05) is 5.25 Å². The maximum Gasteiger partial charge on any atom is 0.307 e. The summed E-state index contributed by atoms with van der Waals surface area (Å²) in [6.07, 6.45) is 1.51. The molecule has 0 aliphatic carbocycles. The Morgan fingerprint density at radius 1 is 1.64 bits per heavy atom. The van der Waals surface area contributed by atoms with Gasteiger partial charge in [-0.1, -0.05) is 6.92 Å². The van der Waals surface area contributed by atoms with Gasteiger partial charge in [-0.3, -0.25) is 4.79 Å². The number of aliphatic carboxylic acids is 1. The molecule has 66 valence electrons. The summed E-state index contributed by atoms with van der Waals surface area (Å²) >= 11 is 8.11. The molecule has 0 aromatic carbocycles. The number of hydrogen-bond acceptors (Lipinski definition) is 3. The number of carboxylic acids is 1. The summed E-state index contributed by atoms with van der Waals surface area (Å²) in [5.41, 5.74) is 0. The van der Waals surface area contributed by atoms with Crippen molar-refractivity contribution in [2.75, 3.05) is 5.75 Å². The van der Waals surface area contributed by atoms with Crippen LogP contribution in [0.3, 0.4) is 0 Å². The molecule has 11 heavy (non-hydrogen) atoms. The Labute approximate surface area is 78.2 Å². The van der Waals surface area contributed by atoms with Crippen LogP contribution in [0.25, 0.3) is 0 Å². The molecular formula is C7H14O2S2. The largest absolute Gasteiger partial charge is 0.481 e. The molecule has 0 radical (unpaired) electrons. The summed E-state index contributed by atoms with van der Waals surface area (Å²) in [7, 11) is 0. The van der Waals surface area contributed by atoms with Crippen molar-refractivity contribution in [3.8, 4) is 0 Å². The minimum atomic E-state index is -0.755. The van der Waals surface area contributed by atoms with Gasteiger partial charge in [0.15, 0.2) is 0 Å². The van der Waals surface area contributed by atoms with E-state index < -0.39 is 5.97 Å². The van der Waals surface area contributed by atoms with Gasteiger partial charge in [-0.15, -0.1) is 0 Å². The van der Waals surface area contributed by atoms with Crippen molar-refractivity contribution in [2.45, 2.75) is 25.0 Å². The molecule has 0 bridgehead atoms. The molecule has 2 unspecified atom stereocenters. The summed E-state index contributed by atoms with van der Waals surface area (Å²) in [4.78, 5) is 10.6. The topological polar surface area (TPSA) is 37.3 Å². The number of carbonyl (C=O) groups is 1. The van der Waals surface area contributed by atoms with Crippen molar-refractivity contribution in [3.63, 3.8) is 0 Å². The van der Waals surface area contributed by atoms with Crippen molar-refractivity contribution in [1.82, 2.24) is 0 Å². The Balaban J connectivity index is 3.80. The van der Waals surface area contributed by atoms with Crippen LogP contribution in [-0.4, -0.2) is 22.1 Å². The van der Waals surface area contributed by atoms with E-state index in [1.54, 1.807) is 6.92 Å². The van der Waals surface area contributed by atoms with E-state index in [4.69, 9.17) is 5.11 Å². The fourth-order valence-electron chi connectivity index (χ4n) is 0.882. The van der Waals surface area contributed by atoms with E-state index in [0.29, 0.717) is 6.42 Å². The predicted molar refractivity (Wildman–Crippen MR) is 52.7 cm³/mol. The first kappa shape index (κ1) is 11.2. The molecule has 0 rings (SSSR count). The predicted octanol–water partition coefficient (Wildman–Crippen LogP) is 1.72. The Morgan fingerprint density at radius 3 is 2.45 bits per heavy atom. The first-order chi connectivity index (χ1) is 5.09. The summed E-state index contributed by atoms with van der Waals surface area (Å²) in [6.45, 7) is 1.81. The molecule has 0 amide bonds. The zero-order valence-corrected chi connectivity index (χ0v) is 8.31. The second-order valence-corrected chi connectivity index (χ2v) is 3.81. The molecule has 4 heteroatoms. The Morgan fingerprint density at radius 2 is 2.18 bits per heavy atom. The molecular weight excluding hydrogens is 180 g/mol. The van der Waals surface area contributed by atoms with Gasteiger partial charge in [-0.2, -0.15) is 25.3 Å². The highest BCUT2D eigenvalue weighted by Gasteiger charge is 2.20. The van der Waals surface area contributed by atoms with E-state index in [1.807, 2.05) is 0 Å². The van der Waals surface area contributed by atoms with Gasteiger partial charge in [0.2, 0.25) is 0 Å². The van der Waals surface area contributed by atoms with Crippen LogP contribution < -0.4 is 0 Å². The summed E-state index contributed by atoms with van der Waals surface area (Å²) in [5, 5.41) is 8.62. The lowest BCUT2D eigenvalue weighted by molar-refractivity contribution is -0.141. The van der Waals surface area contributed by atoms with Crippen LogP contribution in [0.2, 0.25) is 0 Å². The van der Waals surface area contributed by atoms with Crippen LogP contribution in [0.5, 0.6) is 0 Å². The summed E-state index contributed by atoms with van der Waals surface area (Å²) in [5.74, 6) is -0.343. The zero-order valence-electron chi connectivity index (χ0n) is 6.53. The molecule has 0 saturated carbocycles. The third kappa shape index (κ3) is 4.58. The van der Waals surface area contributed by atoms with Crippen molar-refractivity contribution < 1.29 is 9.90 Å². The first-order valence-electron chi connectivity index (χ1n) is 3.61. The molecule has 0 aliphatic rings. The van der Waals surface area contributed by atoms with Crippen LogP contribution in [0.15, 0.2) is 0 Å². The van der Waals surface area contributed by atoms with Crippen LogP contribution in [0.1, 0.15) is 19.8 Å². The van der Waals surface area contributed by atoms with Crippen LogP contribution in [-0.2, 0) is 4.79 Å². The van der Waals surface area contributed by atoms with Gasteiger partial charge in [0.25, 0.3) is 0 Å². The van der Waals surface area contributed by atoms with E-state index in [0.717, 1.165) is 12.2 Å². The molecule has 2 nitrogen and oxygen atoms in total. The van der Waals surface area contributed by atoms with Crippen LogP contribution in [0.4, 0.5) is 0 Å². The summed E-state index contributed by atoms with van der Waals surface area (Å²) in [6, 6.07) is 0. The quantitative estimate of drug-likeness (QED) is 0.583. The normalized spacial score (nSPS) is 15.9. The fourth-order valence-corrected chi connectivity index (χ4v) is 1.34. The Kier molecular flexibility index (Phi) is 5.86. The van der Waals surface area contributed by atoms with Gasteiger partial charge in [0.05, 0.1) is 5.92 Å².